The second-order valence-electron chi connectivity index (χ2n) is 5.23. The molecule has 0 saturated carbocycles. The van der Waals surface area contributed by atoms with Crippen LogP contribution in [0, 0.1) is 6.92 Å². The highest BCUT2D eigenvalue weighted by Gasteiger charge is 2.24. The van der Waals surface area contributed by atoms with E-state index in [0.717, 1.165) is 16.9 Å². The van der Waals surface area contributed by atoms with Gasteiger partial charge in [-0.2, -0.15) is 0 Å². The van der Waals surface area contributed by atoms with Crippen molar-refractivity contribution in [3.63, 3.8) is 0 Å². The molecule has 1 aromatic carbocycles. The summed E-state index contributed by atoms with van der Waals surface area (Å²) in [4.78, 5) is 16.2. The Morgan fingerprint density at radius 3 is 2.77 bits per heavy atom. The largest absolute Gasteiger partial charge is 0.491 e. The van der Waals surface area contributed by atoms with Gasteiger partial charge in [0.15, 0.2) is 0 Å². The number of aromatic nitrogens is 1. The van der Waals surface area contributed by atoms with Gasteiger partial charge in [0.05, 0.1) is 21.7 Å². The number of hydrogen-bond acceptors (Lipinski definition) is 3. The van der Waals surface area contributed by atoms with Gasteiger partial charge in [-0.25, -0.2) is 0 Å². The minimum atomic E-state index is -0.317. The van der Waals surface area contributed by atoms with Crippen LogP contribution < -0.4 is 10.1 Å². The first-order valence-electron chi connectivity index (χ1n) is 6.87. The van der Waals surface area contributed by atoms with E-state index in [4.69, 9.17) is 27.9 Å². The smallest absolute Gasteiger partial charge is 0.254 e. The van der Waals surface area contributed by atoms with Crippen molar-refractivity contribution in [1.29, 1.82) is 0 Å². The molecule has 1 aliphatic heterocycles. The van der Waals surface area contributed by atoms with E-state index in [1.807, 2.05) is 25.1 Å². The van der Waals surface area contributed by atoms with Gasteiger partial charge in [0.25, 0.3) is 5.91 Å². The molecule has 0 bridgehead atoms. The summed E-state index contributed by atoms with van der Waals surface area (Å²) < 4.78 is 5.77. The van der Waals surface area contributed by atoms with E-state index in [1.165, 1.54) is 12.4 Å². The van der Waals surface area contributed by atoms with Crippen LogP contribution in [0.3, 0.4) is 0 Å². The molecule has 22 heavy (non-hydrogen) atoms. The third-order valence-electron chi connectivity index (χ3n) is 3.60. The quantitative estimate of drug-likeness (QED) is 0.913. The molecule has 0 fully saturated rings. The van der Waals surface area contributed by atoms with Crippen LogP contribution in [0.4, 0.5) is 0 Å². The second-order valence-corrected chi connectivity index (χ2v) is 6.04. The maximum absolute atomic E-state index is 12.4. The van der Waals surface area contributed by atoms with Crippen molar-refractivity contribution in [3.8, 4) is 5.75 Å². The summed E-state index contributed by atoms with van der Waals surface area (Å²) in [7, 11) is 0. The predicted octanol–water partition coefficient (Wildman–Crippen LogP) is 3.43. The second kappa shape index (κ2) is 6.15. The van der Waals surface area contributed by atoms with Gasteiger partial charge in [0.1, 0.15) is 12.4 Å². The van der Waals surface area contributed by atoms with Gasteiger partial charge < -0.3 is 10.1 Å². The Morgan fingerprint density at radius 2 is 2.05 bits per heavy atom. The first-order chi connectivity index (χ1) is 10.6. The fraction of sp³-hybridized carbons (Fsp3) is 0.250. The predicted molar refractivity (Wildman–Crippen MR) is 85.9 cm³/mol. The monoisotopic (exact) mass is 336 g/mol. The zero-order chi connectivity index (χ0) is 15.7. The minimum Gasteiger partial charge on any atom is -0.491 e. The van der Waals surface area contributed by atoms with Gasteiger partial charge in [-0.1, -0.05) is 41.4 Å². The molecule has 1 unspecified atom stereocenters. The molecular formula is C16H14Cl2N2O2. The Labute approximate surface area is 138 Å². The maximum Gasteiger partial charge on any atom is 0.254 e. The van der Waals surface area contributed by atoms with Gasteiger partial charge in [-0.05, 0) is 24.5 Å². The van der Waals surface area contributed by atoms with Crippen molar-refractivity contribution in [2.45, 2.75) is 19.4 Å². The standard InChI is InChI=1S/C16H14Cl2N2O2/c1-9-3-2-4-10-5-11(8-22-15(9)10)20-16(21)14-12(17)6-19-7-13(14)18/h2-4,6-7,11H,5,8H2,1H3,(H,20,21). The molecule has 114 valence electrons. The Morgan fingerprint density at radius 1 is 1.32 bits per heavy atom. The third kappa shape index (κ3) is 2.89. The molecule has 1 aromatic heterocycles. The van der Waals surface area contributed by atoms with Crippen LogP contribution in [0.25, 0.3) is 0 Å². The molecule has 0 spiro atoms. The summed E-state index contributed by atoms with van der Waals surface area (Å²) >= 11 is 12.0. The number of fused-ring (bicyclic) bond motifs is 1. The lowest BCUT2D eigenvalue weighted by Gasteiger charge is -2.27. The van der Waals surface area contributed by atoms with Gasteiger partial charge in [0, 0.05) is 12.4 Å². The van der Waals surface area contributed by atoms with Gasteiger partial charge in [0.2, 0.25) is 0 Å². The summed E-state index contributed by atoms with van der Waals surface area (Å²) in [5.41, 5.74) is 2.43. The summed E-state index contributed by atoms with van der Waals surface area (Å²) in [6, 6.07) is 5.88. The lowest BCUT2D eigenvalue weighted by atomic mass is 10.00. The molecule has 1 aliphatic rings. The van der Waals surface area contributed by atoms with E-state index in [2.05, 4.69) is 10.3 Å². The molecule has 0 saturated heterocycles. The third-order valence-corrected chi connectivity index (χ3v) is 4.18. The topological polar surface area (TPSA) is 51.2 Å². The number of para-hydroxylation sites is 1. The fourth-order valence-electron chi connectivity index (χ4n) is 2.57. The number of benzene rings is 1. The highest BCUT2D eigenvalue weighted by Crippen LogP contribution is 2.29. The zero-order valence-electron chi connectivity index (χ0n) is 11.9. The molecule has 1 N–H and O–H groups in total. The van der Waals surface area contributed by atoms with E-state index in [9.17, 15) is 4.79 Å². The summed E-state index contributed by atoms with van der Waals surface area (Å²) in [6.45, 7) is 2.43. The molecule has 4 nitrogen and oxygen atoms in total. The Balaban J connectivity index is 1.76. The number of carbonyl (C=O) groups is 1. The Hall–Kier alpha value is -1.78. The highest BCUT2D eigenvalue weighted by atomic mass is 35.5. The van der Waals surface area contributed by atoms with Crippen molar-refractivity contribution in [2.75, 3.05) is 6.61 Å². The average molecular weight is 337 g/mol. The lowest BCUT2D eigenvalue weighted by molar-refractivity contribution is 0.0915. The van der Waals surface area contributed by atoms with Crippen LogP contribution in [0.5, 0.6) is 5.75 Å². The Kier molecular flexibility index (Phi) is 4.23. The first-order valence-corrected chi connectivity index (χ1v) is 7.63. The molecule has 2 heterocycles. The van der Waals surface area contributed by atoms with E-state index in [1.54, 1.807) is 0 Å². The van der Waals surface area contributed by atoms with Crippen LogP contribution in [0.1, 0.15) is 21.5 Å². The SMILES string of the molecule is Cc1cccc2c1OCC(NC(=O)c1c(Cl)cncc1Cl)C2. The molecule has 1 atom stereocenters. The van der Waals surface area contributed by atoms with Crippen molar-refractivity contribution in [2.24, 2.45) is 0 Å². The molecule has 0 aliphatic carbocycles. The van der Waals surface area contributed by atoms with E-state index >= 15 is 0 Å². The van der Waals surface area contributed by atoms with E-state index in [-0.39, 0.29) is 27.6 Å². The van der Waals surface area contributed by atoms with Crippen LogP contribution >= 0.6 is 23.2 Å². The number of amides is 1. The van der Waals surface area contributed by atoms with Crippen molar-refractivity contribution in [3.05, 3.63) is 57.3 Å². The van der Waals surface area contributed by atoms with Crippen LogP contribution in [-0.4, -0.2) is 23.5 Å². The molecule has 0 radical (unpaired) electrons. The number of carbonyl (C=O) groups excluding carboxylic acids is 1. The number of hydrogen-bond donors (Lipinski definition) is 1. The van der Waals surface area contributed by atoms with Gasteiger partial charge >= 0.3 is 0 Å². The van der Waals surface area contributed by atoms with Crippen LogP contribution in [0.15, 0.2) is 30.6 Å². The highest BCUT2D eigenvalue weighted by molar-refractivity contribution is 6.39. The summed E-state index contributed by atoms with van der Waals surface area (Å²) in [6.07, 6.45) is 3.51. The lowest BCUT2D eigenvalue weighted by Crippen LogP contribution is -2.43. The van der Waals surface area contributed by atoms with Gasteiger partial charge in [-0.3, -0.25) is 9.78 Å². The van der Waals surface area contributed by atoms with E-state index in [0.29, 0.717) is 13.0 Å². The molecule has 6 heteroatoms. The molecular weight excluding hydrogens is 323 g/mol. The summed E-state index contributed by atoms with van der Waals surface area (Å²) in [5, 5.41) is 3.39. The average Bonchev–Trinajstić information content (AvgIpc) is 2.47. The number of nitrogens with zero attached hydrogens (tertiary/aromatic N) is 1. The Bertz CT molecular complexity index is 714. The number of halogens is 2. The van der Waals surface area contributed by atoms with Crippen LogP contribution in [0.2, 0.25) is 10.0 Å². The van der Waals surface area contributed by atoms with Crippen molar-refractivity contribution in [1.82, 2.24) is 10.3 Å². The minimum absolute atomic E-state index is 0.123. The first kappa shape index (κ1) is 15.1. The number of ether oxygens (including phenoxy) is 1. The van der Waals surface area contributed by atoms with Gasteiger partial charge in [-0.15, -0.1) is 0 Å². The molecule has 2 aromatic rings. The van der Waals surface area contributed by atoms with Crippen LogP contribution in [-0.2, 0) is 6.42 Å². The number of nitrogens with one attached hydrogen (secondary N) is 1. The maximum atomic E-state index is 12.4. The number of aryl methyl sites for hydroxylation is 1. The van der Waals surface area contributed by atoms with Crippen molar-refractivity contribution < 1.29 is 9.53 Å². The number of rotatable bonds is 2. The van der Waals surface area contributed by atoms with Crippen molar-refractivity contribution >= 4 is 29.1 Å². The number of pyridine rings is 1. The normalized spacial score (nSPS) is 16.6. The molecule has 3 rings (SSSR count). The fourth-order valence-corrected chi connectivity index (χ4v) is 3.10. The zero-order valence-corrected chi connectivity index (χ0v) is 13.4. The van der Waals surface area contributed by atoms with E-state index < -0.39 is 0 Å². The summed E-state index contributed by atoms with van der Waals surface area (Å²) in [5.74, 6) is 0.593. The molecule has 1 amide bonds.